The Morgan fingerprint density at radius 3 is 2.08 bits per heavy atom. The van der Waals surface area contributed by atoms with E-state index in [0.717, 1.165) is 12.0 Å². The number of hydrogen-bond acceptors (Lipinski definition) is 3. The number of hydrogen-bond donors (Lipinski definition) is 2. The third-order valence-electron chi connectivity index (χ3n) is 4.41. The summed E-state index contributed by atoms with van der Waals surface area (Å²) in [6, 6.07) is 9.21. The van der Waals surface area contributed by atoms with Crippen LogP contribution in [0, 0.1) is 5.92 Å². The molecule has 25 heavy (non-hydrogen) atoms. The van der Waals surface area contributed by atoms with Gasteiger partial charge in [0.05, 0.1) is 12.1 Å². The molecule has 0 aliphatic carbocycles. The molecule has 0 saturated carbocycles. The highest BCUT2D eigenvalue weighted by molar-refractivity contribution is 5.66. The number of hydroxylamine groups is 2. The van der Waals surface area contributed by atoms with E-state index in [0.29, 0.717) is 18.9 Å². The van der Waals surface area contributed by atoms with Gasteiger partial charge in [-0.2, -0.15) is 5.06 Å². The third kappa shape index (κ3) is 6.33. The molecule has 0 aliphatic heterocycles. The second kappa shape index (κ2) is 9.20. The van der Waals surface area contributed by atoms with Gasteiger partial charge in [-0.25, -0.2) is 4.79 Å². The van der Waals surface area contributed by atoms with E-state index in [4.69, 9.17) is 0 Å². The number of carbonyl (C=O) groups is 1. The van der Waals surface area contributed by atoms with E-state index in [-0.39, 0.29) is 12.1 Å². The molecule has 2 atom stereocenters. The van der Waals surface area contributed by atoms with Gasteiger partial charge >= 0.3 is 6.09 Å². The first-order valence-electron chi connectivity index (χ1n) is 9.09. The molecule has 1 rings (SSSR count). The van der Waals surface area contributed by atoms with Crippen LogP contribution >= 0.6 is 0 Å². The summed E-state index contributed by atoms with van der Waals surface area (Å²) in [7, 11) is 0. The van der Waals surface area contributed by atoms with Gasteiger partial charge in [0.15, 0.2) is 0 Å². The van der Waals surface area contributed by atoms with E-state index in [1.165, 1.54) is 9.96 Å². The Balaban J connectivity index is 3.14. The summed E-state index contributed by atoms with van der Waals surface area (Å²) in [6.07, 6.45) is 0.426. The zero-order valence-corrected chi connectivity index (χ0v) is 16.4. The highest BCUT2D eigenvalue weighted by Gasteiger charge is 2.39. The van der Waals surface area contributed by atoms with Crippen LogP contribution in [0.25, 0.3) is 0 Å². The maximum atomic E-state index is 11.9. The smallest absolute Gasteiger partial charge is 0.408 e. The Kier molecular flexibility index (Phi) is 7.90. The molecule has 0 aromatic heterocycles. The topological polar surface area (TPSA) is 64.0 Å². The predicted octanol–water partition coefficient (Wildman–Crippen LogP) is 4.85. The van der Waals surface area contributed by atoms with E-state index in [1.54, 1.807) is 0 Å². The lowest BCUT2D eigenvalue weighted by Gasteiger charge is -2.45. The van der Waals surface area contributed by atoms with E-state index in [9.17, 15) is 15.1 Å². The molecule has 0 unspecified atom stereocenters. The number of benzene rings is 1. The van der Waals surface area contributed by atoms with Crippen LogP contribution in [0.2, 0.25) is 0 Å². The molecule has 1 amide bonds. The lowest BCUT2D eigenvalue weighted by atomic mass is 9.91. The summed E-state index contributed by atoms with van der Waals surface area (Å²) in [4.78, 5) is 13.4. The van der Waals surface area contributed by atoms with Crippen molar-refractivity contribution in [2.24, 2.45) is 5.92 Å². The molecule has 0 fully saturated rings. The van der Waals surface area contributed by atoms with Crippen molar-refractivity contribution in [3.63, 3.8) is 0 Å². The monoisotopic (exact) mass is 350 g/mol. The molecule has 0 spiro atoms. The van der Waals surface area contributed by atoms with Crippen LogP contribution in [0.15, 0.2) is 30.3 Å². The normalized spacial score (nSPS) is 14.6. The fourth-order valence-corrected chi connectivity index (χ4v) is 3.40. The lowest BCUT2D eigenvalue weighted by molar-refractivity contribution is -0.161. The van der Waals surface area contributed by atoms with Crippen LogP contribution in [-0.2, 0) is 6.54 Å². The minimum absolute atomic E-state index is 0.263. The second-order valence-electron chi connectivity index (χ2n) is 8.08. The van der Waals surface area contributed by atoms with Gasteiger partial charge in [-0.15, -0.1) is 0 Å². The standard InChI is InChI=1S/C20H34N2O3/c1-7-17(22(19(23)24)20(4,5)6)18(13-15(2)3)21(25)14-16-11-9-8-10-12-16/h8-12,15,17-18,25H,7,13-14H2,1-6H3,(H,23,24)/t17-,18-/m0/s1. The van der Waals surface area contributed by atoms with Crippen molar-refractivity contribution in [1.82, 2.24) is 9.96 Å². The van der Waals surface area contributed by atoms with Crippen LogP contribution in [0.4, 0.5) is 4.79 Å². The first-order chi connectivity index (χ1) is 11.6. The molecule has 1 aromatic rings. The Labute approximate surface area is 152 Å². The van der Waals surface area contributed by atoms with E-state index >= 15 is 0 Å². The van der Waals surface area contributed by atoms with Crippen LogP contribution < -0.4 is 0 Å². The number of rotatable bonds is 8. The first-order valence-corrected chi connectivity index (χ1v) is 9.09. The van der Waals surface area contributed by atoms with Crippen molar-refractivity contribution >= 4 is 6.09 Å². The fraction of sp³-hybridized carbons (Fsp3) is 0.650. The highest BCUT2D eigenvalue weighted by atomic mass is 16.5. The van der Waals surface area contributed by atoms with Crippen molar-refractivity contribution < 1.29 is 15.1 Å². The summed E-state index contributed by atoms with van der Waals surface area (Å²) in [5.41, 5.74) is 0.473. The van der Waals surface area contributed by atoms with E-state index in [2.05, 4.69) is 13.8 Å². The minimum Gasteiger partial charge on any atom is -0.465 e. The first kappa shape index (κ1) is 21.5. The molecular formula is C20H34N2O3. The molecule has 5 heteroatoms. The second-order valence-corrected chi connectivity index (χ2v) is 8.08. The van der Waals surface area contributed by atoms with Gasteiger partial charge in [-0.3, -0.25) is 4.90 Å². The summed E-state index contributed by atoms with van der Waals surface area (Å²) < 4.78 is 0. The molecular weight excluding hydrogens is 316 g/mol. The van der Waals surface area contributed by atoms with Gasteiger partial charge in [0, 0.05) is 12.1 Å². The number of carboxylic acid groups (broad SMARTS) is 1. The van der Waals surface area contributed by atoms with Gasteiger partial charge < -0.3 is 10.3 Å². The SMILES string of the molecule is CC[C@@H]([C@H](CC(C)C)N(O)Cc1ccccc1)N(C(=O)O)C(C)(C)C. The molecule has 1 aromatic carbocycles. The third-order valence-corrected chi connectivity index (χ3v) is 4.41. The average molecular weight is 351 g/mol. The van der Waals surface area contributed by atoms with Crippen LogP contribution in [0.1, 0.15) is 59.9 Å². The molecule has 0 radical (unpaired) electrons. The molecule has 142 valence electrons. The van der Waals surface area contributed by atoms with Crippen molar-refractivity contribution in [3.05, 3.63) is 35.9 Å². The zero-order chi connectivity index (χ0) is 19.2. The van der Waals surface area contributed by atoms with Crippen LogP contribution in [-0.4, -0.2) is 44.0 Å². The summed E-state index contributed by atoms with van der Waals surface area (Å²) in [5, 5.41) is 21.9. The van der Waals surface area contributed by atoms with Gasteiger partial charge in [0.1, 0.15) is 0 Å². The quantitative estimate of drug-likeness (QED) is 0.658. The minimum atomic E-state index is -0.943. The van der Waals surface area contributed by atoms with Crippen molar-refractivity contribution in [1.29, 1.82) is 0 Å². The van der Waals surface area contributed by atoms with Gasteiger partial charge in [0.25, 0.3) is 0 Å². The largest absolute Gasteiger partial charge is 0.465 e. The number of nitrogens with zero attached hydrogens (tertiary/aromatic N) is 2. The van der Waals surface area contributed by atoms with Crippen LogP contribution in [0.3, 0.4) is 0 Å². The molecule has 0 saturated heterocycles. The van der Waals surface area contributed by atoms with E-state index < -0.39 is 11.6 Å². The summed E-state index contributed by atoms with van der Waals surface area (Å²) >= 11 is 0. The molecule has 2 N–H and O–H groups in total. The summed E-state index contributed by atoms with van der Waals surface area (Å²) in [5.74, 6) is 0.347. The predicted molar refractivity (Wildman–Crippen MR) is 101 cm³/mol. The summed E-state index contributed by atoms with van der Waals surface area (Å²) in [6.45, 7) is 12.2. The Bertz CT molecular complexity index is 525. The van der Waals surface area contributed by atoms with E-state index in [1.807, 2.05) is 58.0 Å². The molecule has 0 heterocycles. The Morgan fingerprint density at radius 1 is 1.12 bits per heavy atom. The van der Waals surface area contributed by atoms with Crippen molar-refractivity contribution in [2.75, 3.05) is 0 Å². The molecule has 5 nitrogen and oxygen atoms in total. The number of amides is 1. The maximum absolute atomic E-state index is 11.9. The van der Waals surface area contributed by atoms with Crippen molar-refractivity contribution in [2.45, 2.75) is 78.6 Å². The van der Waals surface area contributed by atoms with Gasteiger partial charge in [0.2, 0.25) is 0 Å². The molecule has 0 bridgehead atoms. The van der Waals surface area contributed by atoms with Gasteiger partial charge in [-0.05, 0) is 45.1 Å². The van der Waals surface area contributed by atoms with Crippen molar-refractivity contribution in [3.8, 4) is 0 Å². The molecule has 0 aliphatic rings. The average Bonchev–Trinajstić information content (AvgIpc) is 2.49. The Morgan fingerprint density at radius 2 is 1.68 bits per heavy atom. The van der Waals surface area contributed by atoms with Crippen LogP contribution in [0.5, 0.6) is 0 Å². The fourth-order valence-electron chi connectivity index (χ4n) is 3.40. The lowest BCUT2D eigenvalue weighted by Crippen LogP contribution is -2.58. The Hall–Kier alpha value is -1.59. The highest BCUT2D eigenvalue weighted by Crippen LogP contribution is 2.27. The zero-order valence-electron chi connectivity index (χ0n) is 16.4. The maximum Gasteiger partial charge on any atom is 0.408 e. The van der Waals surface area contributed by atoms with Gasteiger partial charge in [-0.1, -0.05) is 51.1 Å².